The van der Waals surface area contributed by atoms with Crippen LogP contribution in [0.2, 0.25) is 0 Å². The molecule has 134 valence electrons. The monoisotopic (exact) mass is 368 g/mol. The van der Waals surface area contributed by atoms with E-state index in [0.717, 1.165) is 0 Å². The zero-order valence-electron chi connectivity index (χ0n) is 13.2. The summed E-state index contributed by atoms with van der Waals surface area (Å²) in [7, 11) is -6.08. The first-order valence-corrected chi connectivity index (χ1v) is 11.2. The Morgan fingerprint density at radius 2 is 1.83 bits per heavy atom. The highest BCUT2D eigenvalue weighted by Crippen LogP contribution is 2.11. The minimum absolute atomic E-state index is 0.00810. The second kappa shape index (κ2) is 8.62. The summed E-state index contributed by atoms with van der Waals surface area (Å²) in [6.07, 6.45) is 0.724. The van der Waals surface area contributed by atoms with Gasteiger partial charge in [0.05, 0.1) is 17.3 Å². The van der Waals surface area contributed by atoms with Gasteiger partial charge in [-0.3, -0.25) is 9.59 Å². The van der Waals surface area contributed by atoms with Crippen molar-refractivity contribution in [3.63, 3.8) is 0 Å². The molecule has 23 heavy (non-hydrogen) atoms. The third kappa shape index (κ3) is 8.31. The van der Waals surface area contributed by atoms with Gasteiger partial charge in [0, 0.05) is 31.2 Å². The molecule has 8 nitrogen and oxygen atoms in total. The van der Waals surface area contributed by atoms with Crippen molar-refractivity contribution >= 4 is 31.5 Å². The van der Waals surface area contributed by atoms with Gasteiger partial charge in [-0.2, -0.15) is 0 Å². The highest BCUT2D eigenvalue weighted by atomic mass is 32.2. The normalized spacial score (nSPS) is 20.1. The van der Waals surface area contributed by atoms with Crippen LogP contribution in [-0.2, 0) is 29.3 Å². The maximum Gasteiger partial charge on any atom is 0.220 e. The van der Waals surface area contributed by atoms with Gasteiger partial charge in [0.15, 0.2) is 9.84 Å². The summed E-state index contributed by atoms with van der Waals surface area (Å²) >= 11 is 0. The van der Waals surface area contributed by atoms with Gasteiger partial charge in [0.2, 0.25) is 11.8 Å². The van der Waals surface area contributed by atoms with Crippen molar-refractivity contribution < 1.29 is 26.4 Å². The van der Waals surface area contributed by atoms with E-state index < -0.39 is 19.7 Å². The number of sulfone groups is 2. The zero-order chi connectivity index (χ0) is 17.5. The molecule has 0 saturated carbocycles. The number of rotatable bonds is 9. The summed E-state index contributed by atoms with van der Waals surface area (Å²) in [5.41, 5.74) is 0. The van der Waals surface area contributed by atoms with Gasteiger partial charge in [-0.25, -0.2) is 16.8 Å². The first-order chi connectivity index (χ1) is 10.6. The summed E-state index contributed by atoms with van der Waals surface area (Å²) in [5.74, 6) is -0.530. The Hall–Kier alpha value is -1.16. The van der Waals surface area contributed by atoms with E-state index in [1.165, 1.54) is 0 Å². The Kier molecular flexibility index (Phi) is 7.46. The number of carbonyl (C=O) groups excluding carboxylic acids is 2. The molecular formula is C13H24N2O6S2. The van der Waals surface area contributed by atoms with Gasteiger partial charge >= 0.3 is 0 Å². The molecular weight excluding hydrogens is 344 g/mol. The van der Waals surface area contributed by atoms with Crippen LogP contribution >= 0.6 is 0 Å². The van der Waals surface area contributed by atoms with E-state index >= 15 is 0 Å². The lowest BCUT2D eigenvalue weighted by molar-refractivity contribution is -0.126. The Morgan fingerprint density at radius 1 is 1.17 bits per heavy atom. The van der Waals surface area contributed by atoms with E-state index in [-0.39, 0.29) is 60.3 Å². The Bertz CT molecular complexity index is 627. The van der Waals surface area contributed by atoms with E-state index in [1.54, 1.807) is 6.92 Å². The maximum absolute atomic E-state index is 11.6. The molecule has 0 aromatic carbocycles. The number of hydrogen-bond donors (Lipinski definition) is 2. The molecule has 10 heteroatoms. The van der Waals surface area contributed by atoms with Crippen LogP contribution in [0, 0.1) is 0 Å². The molecule has 1 aliphatic rings. The van der Waals surface area contributed by atoms with Crippen molar-refractivity contribution in [2.45, 2.75) is 38.6 Å². The van der Waals surface area contributed by atoms with Gasteiger partial charge in [-0.05, 0) is 12.8 Å². The van der Waals surface area contributed by atoms with Crippen molar-refractivity contribution in [2.24, 2.45) is 0 Å². The van der Waals surface area contributed by atoms with Gasteiger partial charge in [-0.1, -0.05) is 6.92 Å². The van der Waals surface area contributed by atoms with Gasteiger partial charge in [-0.15, -0.1) is 0 Å². The van der Waals surface area contributed by atoms with Crippen LogP contribution in [0.3, 0.4) is 0 Å². The van der Waals surface area contributed by atoms with Crippen LogP contribution in [0.25, 0.3) is 0 Å². The van der Waals surface area contributed by atoms with Crippen LogP contribution in [0.5, 0.6) is 0 Å². The minimum atomic E-state index is -3.04. The first kappa shape index (κ1) is 19.9. The smallest absolute Gasteiger partial charge is 0.220 e. The molecule has 1 atom stereocenters. The fraction of sp³-hybridized carbons (Fsp3) is 0.846. The lowest BCUT2D eigenvalue weighted by Gasteiger charge is -2.10. The summed E-state index contributed by atoms with van der Waals surface area (Å²) in [6, 6.07) is -0.366. The topological polar surface area (TPSA) is 126 Å². The van der Waals surface area contributed by atoms with Crippen LogP contribution in [0.15, 0.2) is 0 Å². The van der Waals surface area contributed by atoms with E-state index in [9.17, 15) is 26.4 Å². The van der Waals surface area contributed by atoms with Crippen LogP contribution in [0.4, 0.5) is 0 Å². The molecule has 0 aliphatic carbocycles. The number of carbonyl (C=O) groups is 2. The number of hydrogen-bond acceptors (Lipinski definition) is 6. The quantitative estimate of drug-likeness (QED) is 0.503. The highest BCUT2D eigenvalue weighted by Gasteiger charge is 2.28. The van der Waals surface area contributed by atoms with Gasteiger partial charge in [0.25, 0.3) is 0 Å². The molecule has 1 heterocycles. The fourth-order valence-corrected chi connectivity index (χ4v) is 4.73. The summed E-state index contributed by atoms with van der Waals surface area (Å²) in [4.78, 5) is 23.2. The summed E-state index contributed by atoms with van der Waals surface area (Å²) in [6.45, 7) is 1.82. The van der Waals surface area contributed by atoms with Crippen molar-refractivity contribution in [3.8, 4) is 0 Å². The molecule has 2 amide bonds. The number of amides is 2. The maximum atomic E-state index is 11.6. The molecule has 0 aromatic heterocycles. The minimum Gasteiger partial charge on any atom is -0.356 e. The standard InChI is InChI=1S/C13H24N2O6S2/c1-2-22(18,19)8-3-7-14-12(16)4-5-13(17)15-11-6-9-23(20,21)10-11/h11H,2-10H2,1H3,(H,14,16)(H,15,17)/t11-/m1/s1. The van der Waals surface area contributed by atoms with Crippen molar-refractivity contribution in [2.75, 3.05) is 29.6 Å². The average molecular weight is 368 g/mol. The molecule has 1 fully saturated rings. The molecule has 1 rings (SSSR count). The third-order valence-electron chi connectivity index (χ3n) is 3.57. The lowest BCUT2D eigenvalue weighted by atomic mass is 10.2. The van der Waals surface area contributed by atoms with Crippen LogP contribution in [0.1, 0.15) is 32.6 Å². The first-order valence-electron chi connectivity index (χ1n) is 7.60. The molecule has 1 saturated heterocycles. The van der Waals surface area contributed by atoms with E-state index in [1.807, 2.05) is 0 Å². The molecule has 1 aliphatic heterocycles. The number of nitrogens with one attached hydrogen (secondary N) is 2. The fourth-order valence-electron chi connectivity index (χ4n) is 2.19. The third-order valence-corrected chi connectivity index (χ3v) is 7.13. The predicted octanol–water partition coefficient (Wildman–Crippen LogP) is -0.989. The van der Waals surface area contributed by atoms with Gasteiger partial charge in [0.1, 0.15) is 9.84 Å². The molecule has 0 aromatic rings. The molecule has 2 N–H and O–H groups in total. The second-order valence-electron chi connectivity index (χ2n) is 5.61. The van der Waals surface area contributed by atoms with E-state index in [4.69, 9.17) is 0 Å². The van der Waals surface area contributed by atoms with Crippen molar-refractivity contribution in [3.05, 3.63) is 0 Å². The Labute approximate surface area is 137 Å². The van der Waals surface area contributed by atoms with E-state index in [2.05, 4.69) is 10.6 Å². The SMILES string of the molecule is CCS(=O)(=O)CCCNC(=O)CCC(=O)N[C@@H]1CCS(=O)(=O)C1. The zero-order valence-corrected chi connectivity index (χ0v) is 14.8. The lowest BCUT2D eigenvalue weighted by Crippen LogP contribution is -2.36. The molecule has 0 bridgehead atoms. The second-order valence-corrected chi connectivity index (χ2v) is 10.3. The summed E-state index contributed by atoms with van der Waals surface area (Å²) < 4.78 is 45.1. The molecule has 0 spiro atoms. The predicted molar refractivity (Wildman–Crippen MR) is 86.4 cm³/mol. The van der Waals surface area contributed by atoms with Crippen molar-refractivity contribution in [1.29, 1.82) is 0 Å². The van der Waals surface area contributed by atoms with Crippen molar-refractivity contribution in [1.82, 2.24) is 10.6 Å². The molecule has 0 radical (unpaired) electrons. The highest BCUT2D eigenvalue weighted by molar-refractivity contribution is 7.91. The summed E-state index contributed by atoms with van der Waals surface area (Å²) in [5, 5.41) is 5.17. The van der Waals surface area contributed by atoms with E-state index in [0.29, 0.717) is 12.8 Å². The van der Waals surface area contributed by atoms with Gasteiger partial charge < -0.3 is 10.6 Å². The average Bonchev–Trinajstić information content (AvgIpc) is 2.80. The largest absolute Gasteiger partial charge is 0.356 e. The van der Waals surface area contributed by atoms with Crippen LogP contribution in [-0.4, -0.2) is 64.2 Å². The van der Waals surface area contributed by atoms with Crippen LogP contribution < -0.4 is 10.6 Å². The Morgan fingerprint density at radius 3 is 2.39 bits per heavy atom. The Balaban J connectivity index is 2.15. The molecule has 0 unspecified atom stereocenters.